The molecule has 0 aromatic heterocycles. The summed E-state index contributed by atoms with van der Waals surface area (Å²) >= 11 is 0. The van der Waals surface area contributed by atoms with E-state index in [2.05, 4.69) is 55.4 Å². The van der Waals surface area contributed by atoms with Crippen LogP contribution in [0.5, 0.6) is 0 Å². The van der Waals surface area contributed by atoms with E-state index in [9.17, 15) is 0 Å². The molecule has 0 aromatic carbocycles. The molecular weight excluding hydrogens is 508 g/mol. The van der Waals surface area contributed by atoms with Crippen LogP contribution in [-0.4, -0.2) is 0 Å². The summed E-state index contributed by atoms with van der Waals surface area (Å²) < 4.78 is 0. The summed E-state index contributed by atoms with van der Waals surface area (Å²) in [6, 6.07) is 0. The van der Waals surface area contributed by atoms with E-state index < -0.39 is 0 Å². The van der Waals surface area contributed by atoms with E-state index in [0.717, 1.165) is 0 Å². The summed E-state index contributed by atoms with van der Waals surface area (Å²) in [5.41, 5.74) is 0. The van der Waals surface area contributed by atoms with Gasteiger partial charge in [-0.1, -0.05) is 261 Å². The van der Waals surface area contributed by atoms with E-state index in [1.807, 2.05) is 0 Å². The predicted octanol–water partition coefficient (Wildman–Crippen LogP) is 16.9. The second kappa shape index (κ2) is 64.0. The van der Waals surface area contributed by atoms with E-state index in [1.54, 1.807) is 0 Å². The van der Waals surface area contributed by atoms with Crippen LogP contribution in [-0.2, 0) is 0 Å². The molecule has 0 rings (SSSR count). The van der Waals surface area contributed by atoms with E-state index in [4.69, 9.17) is 0 Å². The van der Waals surface area contributed by atoms with Crippen LogP contribution < -0.4 is 12.3 Å². The van der Waals surface area contributed by atoms with Gasteiger partial charge in [0.1, 0.15) is 0 Å². The summed E-state index contributed by atoms with van der Waals surface area (Å²) in [7, 11) is 0. The summed E-state index contributed by atoms with van der Waals surface area (Å²) in [5.74, 6) is 0. The number of unbranched alkanes of at least 4 members (excludes halogenated alkanes) is 28. The summed E-state index contributed by atoms with van der Waals surface area (Å²) in [6.45, 7) is 18.2. The van der Waals surface area contributed by atoms with Crippen molar-refractivity contribution in [1.82, 2.24) is 12.3 Å². The average Bonchev–Trinajstić information content (AvgIpc) is 2.97. The highest BCUT2D eigenvalue weighted by Gasteiger charge is 1.90. The van der Waals surface area contributed by atoms with E-state index >= 15 is 0 Å². The van der Waals surface area contributed by atoms with Crippen molar-refractivity contribution < 1.29 is 0 Å². The second-order valence-electron chi connectivity index (χ2n) is 12.5. The van der Waals surface area contributed by atoms with Crippen molar-refractivity contribution in [2.24, 2.45) is 0 Å². The number of hydrogen-bond donors (Lipinski definition) is 2. The van der Waals surface area contributed by atoms with Crippen molar-refractivity contribution in [2.45, 2.75) is 261 Å². The minimum atomic E-state index is 0. The van der Waals surface area contributed by atoms with Crippen LogP contribution in [0.1, 0.15) is 261 Å². The fraction of sp³-hybridized carbons (Fsp3) is 1.00. The van der Waals surface area contributed by atoms with Gasteiger partial charge in [0.15, 0.2) is 0 Å². The number of hydrogen-bond acceptors (Lipinski definition) is 2. The first-order chi connectivity index (χ1) is 19.7. The molecule has 264 valence electrons. The van der Waals surface area contributed by atoms with E-state index in [-0.39, 0.29) is 12.3 Å². The molecule has 0 aromatic rings. The molecule has 0 saturated carbocycles. The first kappa shape index (κ1) is 54.4. The fourth-order valence-corrected chi connectivity index (χ4v) is 4.83. The Morgan fingerprint density at radius 1 is 0.143 bits per heavy atom. The smallest absolute Gasteiger partial charge is 0.0533 e. The van der Waals surface area contributed by atoms with Crippen LogP contribution in [0.3, 0.4) is 0 Å². The zero-order valence-electron chi connectivity index (χ0n) is 32.0. The second-order valence-corrected chi connectivity index (χ2v) is 12.5. The highest BCUT2D eigenvalue weighted by atomic mass is 14.0. The molecule has 0 radical (unpaired) electrons. The van der Waals surface area contributed by atoms with Crippen molar-refractivity contribution >= 4 is 0 Å². The molecule has 0 unspecified atom stereocenters. The molecule has 0 aliphatic heterocycles. The van der Waals surface area contributed by atoms with Crippen molar-refractivity contribution in [2.75, 3.05) is 0 Å². The van der Waals surface area contributed by atoms with Gasteiger partial charge in [-0.25, -0.2) is 0 Å². The Morgan fingerprint density at radius 2 is 0.214 bits per heavy atom. The molecule has 0 amide bonds. The maximum Gasteiger partial charge on any atom is -0.0533 e. The van der Waals surface area contributed by atoms with Crippen LogP contribution in [0.2, 0.25) is 0 Å². The molecule has 0 bridgehead atoms. The minimum Gasteiger partial charge on any atom is -0.344 e. The van der Waals surface area contributed by atoms with E-state index in [1.165, 1.54) is 205 Å². The standard InChI is InChI=1S/4C10H22.2H3N/c4*1-3-5-7-9-10-8-6-4-2;;/h4*3-10H2,1-2H3;2*1H3. The van der Waals surface area contributed by atoms with Gasteiger partial charge >= 0.3 is 0 Å². The Morgan fingerprint density at radius 3 is 0.286 bits per heavy atom. The normalized spacial score (nSPS) is 9.71. The summed E-state index contributed by atoms with van der Waals surface area (Å²) in [4.78, 5) is 0. The Bertz CT molecular complexity index is 236. The lowest BCUT2D eigenvalue weighted by molar-refractivity contribution is 0.585. The van der Waals surface area contributed by atoms with Gasteiger partial charge in [-0.2, -0.15) is 0 Å². The Hall–Kier alpha value is -0.0800. The van der Waals surface area contributed by atoms with Crippen LogP contribution >= 0.6 is 0 Å². The van der Waals surface area contributed by atoms with Crippen molar-refractivity contribution in [1.29, 1.82) is 0 Å². The quantitative estimate of drug-likeness (QED) is 0.0874. The van der Waals surface area contributed by atoms with Crippen LogP contribution in [0, 0.1) is 0 Å². The maximum atomic E-state index is 2.27. The van der Waals surface area contributed by atoms with Crippen LogP contribution in [0.4, 0.5) is 0 Å². The molecular formula is C40H94N2. The third kappa shape index (κ3) is 77.6. The van der Waals surface area contributed by atoms with Crippen LogP contribution in [0.15, 0.2) is 0 Å². The molecule has 0 aliphatic carbocycles. The minimum absolute atomic E-state index is 0. The third-order valence-electron chi connectivity index (χ3n) is 7.83. The van der Waals surface area contributed by atoms with Gasteiger partial charge < -0.3 is 12.3 Å². The van der Waals surface area contributed by atoms with Gasteiger partial charge in [-0.15, -0.1) is 0 Å². The highest BCUT2D eigenvalue weighted by Crippen LogP contribution is 2.10. The topological polar surface area (TPSA) is 70.0 Å². The maximum absolute atomic E-state index is 2.27. The molecule has 0 fully saturated rings. The molecule has 0 atom stereocenters. The van der Waals surface area contributed by atoms with Gasteiger partial charge in [0.2, 0.25) is 0 Å². The SMILES string of the molecule is CCCCCCCCCC.CCCCCCCCCC.CCCCCCCCCC.CCCCCCCCCC.N.N. The van der Waals surface area contributed by atoms with Gasteiger partial charge in [-0.3, -0.25) is 0 Å². The van der Waals surface area contributed by atoms with Crippen LogP contribution in [0.25, 0.3) is 0 Å². The van der Waals surface area contributed by atoms with E-state index in [0.29, 0.717) is 0 Å². The Balaban J connectivity index is -0.000000101. The molecule has 0 saturated heterocycles. The van der Waals surface area contributed by atoms with Gasteiger partial charge in [0.25, 0.3) is 0 Å². The molecule has 0 spiro atoms. The lowest BCUT2D eigenvalue weighted by Crippen LogP contribution is -1.77. The first-order valence-corrected chi connectivity index (χ1v) is 19.7. The lowest BCUT2D eigenvalue weighted by Gasteiger charge is -1.97. The van der Waals surface area contributed by atoms with Crippen molar-refractivity contribution in [3.63, 3.8) is 0 Å². The average molecular weight is 603 g/mol. The molecule has 42 heavy (non-hydrogen) atoms. The molecule has 6 N–H and O–H groups in total. The monoisotopic (exact) mass is 603 g/mol. The molecule has 0 heterocycles. The van der Waals surface area contributed by atoms with Crippen molar-refractivity contribution in [3.8, 4) is 0 Å². The zero-order chi connectivity index (χ0) is 30.6. The van der Waals surface area contributed by atoms with Gasteiger partial charge in [0.05, 0.1) is 0 Å². The van der Waals surface area contributed by atoms with Crippen molar-refractivity contribution in [3.05, 3.63) is 0 Å². The highest BCUT2D eigenvalue weighted by molar-refractivity contribution is 4.45. The largest absolute Gasteiger partial charge is 0.344 e. The molecule has 0 aliphatic rings. The zero-order valence-corrected chi connectivity index (χ0v) is 32.0. The third-order valence-corrected chi connectivity index (χ3v) is 7.83. The summed E-state index contributed by atoms with van der Waals surface area (Å²) in [6.07, 6.45) is 45.8. The predicted molar refractivity (Wildman–Crippen MR) is 203 cm³/mol. The van der Waals surface area contributed by atoms with Gasteiger partial charge in [-0.05, 0) is 0 Å². The number of rotatable bonds is 28. The lowest BCUT2D eigenvalue weighted by atomic mass is 10.1. The van der Waals surface area contributed by atoms with Gasteiger partial charge in [0, 0.05) is 0 Å². The summed E-state index contributed by atoms with van der Waals surface area (Å²) in [5, 5.41) is 0. The molecule has 2 heteroatoms. The molecule has 2 nitrogen and oxygen atoms in total. The first-order valence-electron chi connectivity index (χ1n) is 19.7. The Kier molecular flexibility index (Phi) is 82.9. The fourth-order valence-electron chi connectivity index (χ4n) is 4.83. The Labute approximate surface area is 272 Å².